The molecule has 0 saturated carbocycles. The van der Waals surface area contributed by atoms with Crippen molar-refractivity contribution in [3.63, 3.8) is 0 Å². The van der Waals surface area contributed by atoms with E-state index in [1.807, 2.05) is 54.6 Å². The van der Waals surface area contributed by atoms with E-state index < -0.39 is 6.04 Å². The maximum Gasteiger partial charge on any atom is 0.242 e. The van der Waals surface area contributed by atoms with E-state index in [4.69, 9.17) is 9.47 Å². The maximum absolute atomic E-state index is 13.0. The highest BCUT2D eigenvalue weighted by atomic mass is 16.5. The third-order valence-electron chi connectivity index (χ3n) is 5.03. The molecule has 0 aromatic heterocycles. The van der Waals surface area contributed by atoms with Gasteiger partial charge in [0, 0.05) is 19.5 Å². The van der Waals surface area contributed by atoms with E-state index in [9.17, 15) is 9.59 Å². The molecule has 1 atom stereocenters. The van der Waals surface area contributed by atoms with Gasteiger partial charge in [0.15, 0.2) is 0 Å². The van der Waals surface area contributed by atoms with Crippen LogP contribution in [-0.4, -0.2) is 43.0 Å². The first-order chi connectivity index (χ1) is 15.0. The van der Waals surface area contributed by atoms with Gasteiger partial charge in [-0.2, -0.15) is 0 Å². The third-order valence-corrected chi connectivity index (χ3v) is 5.03. The molecule has 6 nitrogen and oxygen atoms in total. The number of unbranched alkanes of at least 4 members (excludes halogenated alkanes) is 1. The van der Waals surface area contributed by atoms with Gasteiger partial charge in [0.05, 0.1) is 13.7 Å². The average Bonchev–Trinajstić information content (AvgIpc) is 2.80. The van der Waals surface area contributed by atoms with Crippen molar-refractivity contribution in [2.75, 3.05) is 20.3 Å². The molecule has 0 saturated heterocycles. The molecule has 2 rings (SSSR count). The third kappa shape index (κ3) is 8.32. The number of amides is 2. The predicted octanol–water partition coefficient (Wildman–Crippen LogP) is 4.19. The Hall–Kier alpha value is -3.02. The lowest BCUT2D eigenvalue weighted by Crippen LogP contribution is -2.47. The second kappa shape index (κ2) is 13.3. The van der Waals surface area contributed by atoms with Gasteiger partial charge < -0.3 is 19.7 Å². The van der Waals surface area contributed by atoms with E-state index >= 15 is 0 Å². The van der Waals surface area contributed by atoms with Gasteiger partial charge in [0.2, 0.25) is 11.8 Å². The van der Waals surface area contributed by atoms with Crippen LogP contribution in [0.2, 0.25) is 0 Å². The number of carbonyl (C=O) groups excluding carboxylic acids is 2. The summed E-state index contributed by atoms with van der Waals surface area (Å²) in [5.74, 6) is 1.30. The van der Waals surface area contributed by atoms with Crippen molar-refractivity contribution < 1.29 is 19.1 Å². The lowest BCUT2D eigenvalue weighted by Gasteiger charge is -2.29. The molecule has 0 spiro atoms. The average molecular weight is 427 g/mol. The molecule has 2 aromatic rings. The first kappa shape index (κ1) is 24.3. The SMILES string of the molecule is CCCCNC(=O)C(C)N(Cc1cccc(OC)c1)C(=O)CCCOc1ccccc1. The summed E-state index contributed by atoms with van der Waals surface area (Å²) in [4.78, 5) is 27.3. The predicted molar refractivity (Wildman–Crippen MR) is 122 cm³/mol. The van der Waals surface area contributed by atoms with Gasteiger partial charge in [-0.05, 0) is 49.6 Å². The second-order valence-corrected chi connectivity index (χ2v) is 7.46. The highest BCUT2D eigenvalue weighted by Gasteiger charge is 2.25. The van der Waals surface area contributed by atoms with Crippen molar-refractivity contribution in [2.24, 2.45) is 0 Å². The first-order valence-electron chi connectivity index (χ1n) is 10.9. The van der Waals surface area contributed by atoms with Crippen LogP contribution in [0, 0.1) is 0 Å². The molecule has 6 heteroatoms. The zero-order valence-corrected chi connectivity index (χ0v) is 18.8. The molecule has 0 aliphatic heterocycles. The van der Waals surface area contributed by atoms with Crippen molar-refractivity contribution in [3.05, 3.63) is 60.2 Å². The number of nitrogens with one attached hydrogen (secondary N) is 1. The van der Waals surface area contributed by atoms with Gasteiger partial charge in [0.1, 0.15) is 17.5 Å². The van der Waals surface area contributed by atoms with Gasteiger partial charge in [0.25, 0.3) is 0 Å². The quantitative estimate of drug-likeness (QED) is 0.488. The highest BCUT2D eigenvalue weighted by Crippen LogP contribution is 2.17. The smallest absolute Gasteiger partial charge is 0.242 e. The van der Waals surface area contributed by atoms with Gasteiger partial charge in [-0.3, -0.25) is 9.59 Å². The molecule has 0 aliphatic carbocycles. The Balaban J connectivity index is 2.00. The maximum atomic E-state index is 13.0. The summed E-state index contributed by atoms with van der Waals surface area (Å²) in [6.07, 6.45) is 2.80. The largest absolute Gasteiger partial charge is 0.497 e. The number of nitrogens with zero attached hydrogens (tertiary/aromatic N) is 1. The summed E-state index contributed by atoms with van der Waals surface area (Å²) >= 11 is 0. The fourth-order valence-electron chi connectivity index (χ4n) is 3.16. The van der Waals surface area contributed by atoms with E-state index in [0.717, 1.165) is 29.9 Å². The lowest BCUT2D eigenvalue weighted by atomic mass is 10.1. The van der Waals surface area contributed by atoms with Crippen LogP contribution in [0.15, 0.2) is 54.6 Å². The van der Waals surface area contributed by atoms with E-state index in [-0.39, 0.29) is 11.8 Å². The fourth-order valence-corrected chi connectivity index (χ4v) is 3.16. The van der Waals surface area contributed by atoms with Crippen molar-refractivity contribution in [1.29, 1.82) is 0 Å². The fraction of sp³-hybridized carbons (Fsp3) is 0.440. The summed E-state index contributed by atoms with van der Waals surface area (Å²) in [7, 11) is 1.61. The summed E-state index contributed by atoms with van der Waals surface area (Å²) in [6, 6.07) is 16.5. The van der Waals surface area contributed by atoms with E-state index in [0.29, 0.717) is 32.5 Å². The minimum Gasteiger partial charge on any atom is -0.497 e. The lowest BCUT2D eigenvalue weighted by molar-refractivity contribution is -0.140. The number of methoxy groups -OCH3 is 1. The van der Waals surface area contributed by atoms with Crippen LogP contribution in [0.3, 0.4) is 0 Å². The Morgan fingerprint density at radius 2 is 1.77 bits per heavy atom. The summed E-state index contributed by atoms with van der Waals surface area (Å²) in [6.45, 7) is 5.26. The van der Waals surface area contributed by atoms with Crippen molar-refractivity contribution >= 4 is 11.8 Å². The number of benzene rings is 2. The molecular weight excluding hydrogens is 392 g/mol. The number of para-hydroxylation sites is 1. The summed E-state index contributed by atoms with van der Waals surface area (Å²) in [5.41, 5.74) is 0.918. The first-order valence-corrected chi connectivity index (χ1v) is 10.9. The molecular formula is C25H34N2O4. The van der Waals surface area contributed by atoms with Crippen molar-refractivity contribution in [2.45, 2.75) is 52.1 Å². The Morgan fingerprint density at radius 3 is 2.48 bits per heavy atom. The van der Waals surface area contributed by atoms with Crippen LogP contribution < -0.4 is 14.8 Å². The number of carbonyl (C=O) groups is 2. The Morgan fingerprint density at radius 1 is 1.03 bits per heavy atom. The molecule has 0 aliphatic rings. The topological polar surface area (TPSA) is 67.9 Å². The van der Waals surface area contributed by atoms with E-state index in [1.54, 1.807) is 18.9 Å². The van der Waals surface area contributed by atoms with Crippen LogP contribution in [0.4, 0.5) is 0 Å². The van der Waals surface area contributed by atoms with E-state index in [1.165, 1.54) is 0 Å². The van der Waals surface area contributed by atoms with Crippen LogP contribution in [0.5, 0.6) is 11.5 Å². The summed E-state index contributed by atoms with van der Waals surface area (Å²) in [5, 5.41) is 2.93. The Kier molecular flexibility index (Phi) is 10.4. The highest BCUT2D eigenvalue weighted by molar-refractivity contribution is 5.87. The second-order valence-electron chi connectivity index (χ2n) is 7.46. The zero-order valence-electron chi connectivity index (χ0n) is 18.8. The van der Waals surface area contributed by atoms with Crippen molar-refractivity contribution in [1.82, 2.24) is 10.2 Å². The zero-order chi connectivity index (χ0) is 22.5. The molecule has 1 unspecified atom stereocenters. The van der Waals surface area contributed by atoms with Gasteiger partial charge in [-0.25, -0.2) is 0 Å². The standard InChI is InChI=1S/C25H34N2O4/c1-4-5-16-26-25(29)20(2)27(19-21-11-9-14-23(18-21)30-3)24(28)15-10-17-31-22-12-7-6-8-13-22/h6-9,11-14,18,20H,4-5,10,15-17,19H2,1-3H3,(H,26,29). The number of hydrogen-bond donors (Lipinski definition) is 1. The van der Waals surface area contributed by atoms with Gasteiger partial charge >= 0.3 is 0 Å². The molecule has 0 bridgehead atoms. The molecule has 0 radical (unpaired) electrons. The van der Waals surface area contributed by atoms with E-state index in [2.05, 4.69) is 12.2 Å². The normalized spacial score (nSPS) is 11.5. The molecule has 0 heterocycles. The van der Waals surface area contributed by atoms with Crippen LogP contribution in [0.1, 0.15) is 45.1 Å². The molecule has 2 aromatic carbocycles. The number of ether oxygens (including phenoxy) is 2. The molecule has 31 heavy (non-hydrogen) atoms. The van der Waals surface area contributed by atoms with Crippen LogP contribution in [0.25, 0.3) is 0 Å². The van der Waals surface area contributed by atoms with Crippen LogP contribution in [-0.2, 0) is 16.1 Å². The Labute approximate surface area is 185 Å². The minimum absolute atomic E-state index is 0.0716. The van der Waals surface area contributed by atoms with Gasteiger partial charge in [-0.15, -0.1) is 0 Å². The molecule has 168 valence electrons. The Bertz CT molecular complexity index is 810. The molecule has 2 amide bonds. The minimum atomic E-state index is -0.564. The monoisotopic (exact) mass is 426 g/mol. The van der Waals surface area contributed by atoms with Crippen LogP contribution >= 0.6 is 0 Å². The molecule has 0 fully saturated rings. The van der Waals surface area contributed by atoms with Crippen molar-refractivity contribution in [3.8, 4) is 11.5 Å². The molecule has 1 N–H and O–H groups in total. The number of hydrogen-bond acceptors (Lipinski definition) is 4. The number of rotatable bonds is 13. The van der Waals surface area contributed by atoms with Gasteiger partial charge in [-0.1, -0.05) is 43.7 Å². The summed E-state index contributed by atoms with van der Waals surface area (Å²) < 4.78 is 11.0.